The molecule has 2 unspecified atom stereocenters. The van der Waals surface area contributed by atoms with Gasteiger partial charge in [0.15, 0.2) is 0 Å². The predicted octanol–water partition coefficient (Wildman–Crippen LogP) is 2.43. The highest BCUT2D eigenvalue weighted by Crippen LogP contribution is 2.30. The number of nitrogens with zero attached hydrogens (tertiary/aromatic N) is 1. The lowest BCUT2D eigenvalue weighted by atomic mass is 9.96. The van der Waals surface area contributed by atoms with Gasteiger partial charge in [0.25, 0.3) is 0 Å². The summed E-state index contributed by atoms with van der Waals surface area (Å²) in [5.41, 5.74) is 7.29. The highest BCUT2D eigenvalue weighted by molar-refractivity contribution is 6.31. The van der Waals surface area contributed by atoms with Crippen LogP contribution in [0.5, 0.6) is 0 Å². The van der Waals surface area contributed by atoms with E-state index in [1.165, 1.54) is 0 Å². The van der Waals surface area contributed by atoms with Crippen LogP contribution in [-0.4, -0.2) is 35.7 Å². The Balaban J connectivity index is 3.08. The highest BCUT2D eigenvalue weighted by atomic mass is 35.5. The van der Waals surface area contributed by atoms with E-state index in [4.69, 9.17) is 17.3 Å². The molecule has 0 aliphatic rings. The topological polar surface area (TPSA) is 49.5 Å². The molecule has 4 heteroatoms. The molecule has 0 aromatic heterocycles. The molecule has 2 atom stereocenters. The molecule has 0 saturated carbocycles. The van der Waals surface area contributed by atoms with Crippen molar-refractivity contribution < 1.29 is 5.11 Å². The minimum atomic E-state index is 0.0106. The molecular weight excluding hydrogens is 248 g/mol. The van der Waals surface area contributed by atoms with Gasteiger partial charge in [0.05, 0.1) is 12.6 Å². The second-order valence-corrected chi connectivity index (χ2v) is 4.80. The van der Waals surface area contributed by atoms with Crippen molar-refractivity contribution in [3.8, 4) is 0 Å². The number of hydrogen-bond donors (Lipinski definition) is 2. The number of rotatable bonds is 7. The zero-order chi connectivity index (χ0) is 13.5. The fourth-order valence-corrected chi connectivity index (χ4v) is 2.51. The Labute approximate surface area is 115 Å². The van der Waals surface area contributed by atoms with Crippen molar-refractivity contribution in [2.75, 3.05) is 19.7 Å². The van der Waals surface area contributed by atoms with Crippen molar-refractivity contribution in [2.24, 2.45) is 5.73 Å². The van der Waals surface area contributed by atoms with Crippen molar-refractivity contribution in [1.82, 2.24) is 4.90 Å². The monoisotopic (exact) mass is 270 g/mol. The van der Waals surface area contributed by atoms with Gasteiger partial charge in [0.1, 0.15) is 0 Å². The standard InChI is InChI=1S/C14H23ClN2O/c1-3-13(16)14(17(4-2)9-10-18)11-7-5-6-8-12(11)15/h5-8,13-14,18H,3-4,9-10,16H2,1-2H3. The Morgan fingerprint density at radius 1 is 1.33 bits per heavy atom. The minimum absolute atomic E-state index is 0.0106. The molecule has 0 bridgehead atoms. The third-order valence-corrected chi connectivity index (χ3v) is 3.63. The molecule has 0 amide bonds. The lowest BCUT2D eigenvalue weighted by Crippen LogP contribution is -2.42. The zero-order valence-electron chi connectivity index (χ0n) is 11.1. The second-order valence-electron chi connectivity index (χ2n) is 4.39. The molecule has 1 aromatic rings. The van der Waals surface area contributed by atoms with Gasteiger partial charge in [-0.15, -0.1) is 0 Å². The molecule has 0 saturated heterocycles. The highest BCUT2D eigenvalue weighted by Gasteiger charge is 2.25. The summed E-state index contributed by atoms with van der Waals surface area (Å²) in [5, 5.41) is 9.91. The van der Waals surface area contributed by atoms with Gasteiger partial charge >= 0.3 is 0 Å². The second kappa shape index (κ2) is 7.74. The maximum absolute atomic E-state index is 9.17. The van der Waals surface area contributed by atoms with Crippen LogP contribution >= 0.6 is 11.6 Å². The van der Waals surface area contributed by atoms with Crippen LogP contribution in [0.15, 0.2) is 24.3 Å². The van der Waals surface area contributed by atoms with Gasteiger partial charge in [-0.3, -0.25) is 4.90 Å². The summed E-state index contributed by atoms with van der Waals surface area (Å²) >= 11 is 6.28. The summed E-state index contributed by atoms with van der Waals surface area (Å²) in [4.78, 5) is 2.18. The van der Waals surface area contributed by atoms with E-state index in [0.29, 0.717) is 6.54 Å². The summed E-state index contributed by atoms with van der Waals surface area (Å²) in [6, 6.07) is 7.87. The number of hydrogen-bond acceptors (Lipinski definition) is 3. The van der Waals surface area contributed by atoms with Crippen molar-refractivity contribution >= 4 is 11.6 Å². The summed E-state index contributed by atoms with van der Waals surface area (Å²) < 4.78 is 0. The van der Waals surface area contributed by atoms with Crippen LogP contribution in [0, 0.1) is 0 Å². The Morgan fingerprint density at radius 3 is 2.50 bits per heavy atom. The van der Waals surface area contributed by atoms with Gasteiger partial charge in [-0.1, -0.05) is 43.6 Å². The lowest BCUT2D eigenvalue weighted by Gasteiger charge is -2.35. The van der Waals surface area contributed by atoms with Gasteiger partial charge in [-0.05, 0) is 24.6 Å². The first-order chi connectivity index (χ1) is 8.65. The maximum atomic E-state index is 9.17. The van der Waals surface area contributed by atoms with E-state index in [2.05, 4.69) is 18.7 Å². The molecule has 0 radical (unpaired) electrons. The number of benzene rings is 1. The van der Waals surface area contributed by atoms with Crippen molar-refractivity contribution in [3.05, 3.63) is 34.9 Å². The fourth-order valence-electron chi connectivity index (χ4n) is 2.26. The number of aliphatic hydroxyl groups is 1. The first kappa shape index (κ1) is 15.4. The largest absolute Gasteiger partial charge is 0.395 e. The average molecular weight is 271 g/mol. The van der Waals surface area contributed by atoms with Gasteiger partial charge in [-0.25, -0.2) is 0 Å². The summed E-state index contributed by atoms with van der Waals surface area (Å²) in [6.45, 7) is 5.72. The van der Waals surface area contributed by atoms with Gasteiger partial charge < -0.3 is 10.8 Å². The van der Waals surface area contributed by atoms with Crippen LogP contribution in [0.1, 0.15) is 31.9 Å². The molecular formula is C14H23ClN2O. The number of nitrogens with two attached hydrogens (primary N) is 1. The van der Waals surface area contributed by atoms with E-state index in [9.17, 15) is 5.11 Å². The number of halogens is 1. The normalized spacial score (nSPS) is 14.8. The first-order valence-corrected chi connectivity index (χ1v) is 6.88. The van der Waals surface area contributed by atoms with Crippen LogP contribution in [-0.2, 0) is 0 Å². The SMILES string of the molecule is CCC(N)C(c1ccccc1Cl)N(CC)CCO. The van der Waals surface area contributed by atoms with Gasteiger partial charge in [0, 0.05) is 17.6 Å². The van der Waals surface area contributed by atoms with Crippen LogP contribution in [0.25, 0.3) is 0 Å². The smallest absolute Gasteiger partial charge is 0.0558 e. The van der Waals surface area contributed by atoms with Crippen LogP contribution in [0.2, 0.25) is 5.02 Å². The number of aliphatic hydroxyl groups excluding tert-OH is 1. The van der Waals surface area contributed by atoms with Crippen LogP contribution in [0.3, 0.4) is 0 Å². The molecule has 0 fully saturated rings. The lowest BCUT2D eigenvalue weighted by molar-refractivity contribution is 0.138. The first-order valence-electron chi connectivity index (χ1n) is 6.50. The zero-order valence-corrected chi connectivity index (χ0v) is 11.9. The summed E-state index contributed by atoms with van der Waals surface area (Å²) in [7, 11) is 0. The van der Waals surface area contributed by atoms with Crippen LogP contribution in [0.4, 0.5) is 0 Å². The molecule has 1 rings (SSSR count). The Morgan fingerprint density at radius 2 is 2.00 bits per heavy atom. The summed E-state index contributed by atoms with van der Waals surface area (Å²) in [5.74, 6) is 0. The Hall–Kier alpha value is -0.610. The van der Waals surface area contributed by atoms with E-state index in [1.54, 1.807) is 0 Å². The molecule has 3 nitrogen and oxygen atoms in total. The Bertz CT molecular complexity index is 359. The molecule has 1 aromatic carbocycles. The Kier molecular flexibility index (Phi) is 6.65. The molecule has 3 N–H and O–H groups in total. The third kappa shape index (κ3) is 3.69. The number of likely N-dealkylation sites (N-methyl/N-ethyl adjacent to an activating group) is 1. The van der Waals surface area contributed by atoms with Crippen molar-refractivity contribution in [2.45, 2.75) is 32.4 Å². The van der Waals surface area contributed by atoms with E-state index in [1.807, 2.05) is 24.3 Å². The average Bonchev–Trinajstić information content (AvgIpc) is 2.39. The molecule has 0 heterocycles. The van der Waals surface area contributed by atoms with E-state index >= 15 is 0 Å². The fraction of sp³-hybridized carbons (Fsp3) is 0.571. The molecule has 0 aliphatic heterocycles. The van der Waals surface area contributed by atoms with E-state index < -0.39 is 0 Å². The molecule has 0 aliphatic carbocycles. The molecule has 18 heavy (non-hydrogen) atoms. The minimum Gasteiger partial charge on any atom is -0.395 e. The van der Waals surface area contributed by atoms with E-state index in [0.717, 1.165) is 23.6 Å². The van der Waals surface area contributed by atoms with Gasteiger partial charge in [-0.2, -0.15) is 0 Å². The third-order valence-electron chi connectivity index (χ3n) is 3.29. The van der Waals surface area contributed by atoms with Gasteiger partial charge in [0.2, 0.25) is 0 Å². The summed E-state index contributed by atoms with van der Waals surface area (Å²) in [6.07, 6.45) is 0.873. The van der Waals surface area contributed by atoms with E-state index in [-0.39, 0.29) is 18.7 Å². The van der Waals surface area contributed by atoms with Crippen molar-refractivity contribution in [3.63, 3.8) is 0 Å². The predicted molar refractivity (Wildman–Crippen MR) is 76.8 cm³/mol. The quantitative estimate of drug-likeness (QED) is 0.800. The van der Waals surface area contributed by atoms with Crippen LogP contribution < -0.4 is 5.73 Å². The molecule has 102 valence electrons. The maximum Gasteiger partial charge on any atom is 0.0558 e. The van der Waals surface area contributed by atoms with Crippen molar-refractivity contribution in [1.29, 1.82) is 0 Å². The molecule has 0 spiro atoms.